The van der Waals surface area contributed by atoms with Crippen molar-refractivity contribution >= 4 is 0 Å². The van der Waals surface area contributed by atoms with Gasteiger partial charge in [0.1, 0.15) is 0 Å². The highest BCUT2D eigenvalue weighted by atomic mass is 16.5. The molecular weight excluding hydrogens is 140 g/mol. The molecule has 0 heterocycles. The summed E-state index contributed by atoms with van der Waals surface area (Å²) in [7, 11) is 5.90. The quantitative estimate of drug-likeness (QED) is 0.537. The summed E-state index contributed by atoms with van der Waals surface area (Å²) in [5, 5.41) is 3.33. The van der Waals surface area contributed by atoms with Gasteiger partial charge in [-0.2, -0.15) is 0 Å². The summed E-state index contributed by atoms with van der Waals surface area (Å²) < 4.78 is 4.92. The van der Waals surface area contributed by atoms with E-state index >= 15 is 0 Å². The Morgan fingerprint density at radius 2 is 2.00 bits per heavy atom. The highest BCUT2D eigenvalue weighted by Crippen LogP contribution is 1.77. The molecule has 0 radical (unpaired) electrons. The Labute approximate surface area is 69.7 Å². The first-order valence-electron chi connectivity index (χ1n) is 4.11. The Morgan fingerprint density at radius 3 is 2.55 bits per heavy atom. The van der Waals surface area contributed by atoms with Gasteiger partial charge >= 0.3 is 0 Å². The summed E-state index contributed by atoms with van der Waals surface area (Å²) in [6, 6.07) is 0. The summed E-state index contributed by atoms with van der Waals surface area (Å²) >= 11 is 0. The van der Waals surface area contributed by atoms with Gasteiger partial charge in [-0.3, -0.25) is 0 Å². The van der Waals surface area contributed by atoms with E-state index in [0.29, 0.717) is 0 Å². The Morgan fingerprint density at radius 1 is 1.27 bits per heavy atom. The fourth-order valence-electron chi connectivity index (χ4n) is 0.769. The van der Waals surface area contributed by atoms with Crippen LogP contribution in [-0.4, -0.2) is 52.3 Å². The van der Waals surface area contributed by atoms with Crippen molar-refractivity contribution in [2.75, 3.05) is 47.4 Å². The number of nitrogens with one attached hydrogen (secondary N) is 1. The van der Waals surface area contributed by atoms with E-state index in [-0.39, 0.29) is 0 Å². The molecule has 0 spiro atoms. The molecule has 0 aromatic rings. The van der Waals surface area contributed by atoms with Gasteiger partial charge in [0.2, 0.25) is 0 Å². The Kier molecular flexibility index (Phi) is 7.89. The molecule has 11 heavy (non-hydrogen) atoms. The van der Waals surface area contributed by atoms with E-state index in [9.17, 15) is 0 Å². The molecule has 0 aromatic carbocycles. The van der Waals surface area contributed by atoms with Gasteiger partial charge in [0.25, 0.3) is 0 Å². The molecule has 0 fully saturated rings. The maximum atomic E-state index is 4.92. The fraction of sp³-hybridized carbons (Fsp3) is 1.00. The molecule has 68 valence electrons. The predicted molar refractivity (Wildman–Crippen MR) is 47.9 cm³/mol. The van der Waals surface area contributed by atoms with Crippen molar-refractivity contribution in [1.82, 2.24) is 10.2 Å². The molecule has 3 nitrogen and oxygen atoms in total. The molecule has 0 aliphatic rings. The first kappa shape index (κ1) is 10.9. The monoisotopic (exact) mass is 160 g/mol. The van der Waals surface area contributed by atoms with Gasteiger partial charge in [-0.1, -0.05) is 0 Å². The molecule has 0 aliphatic carbocycles. The Balaban J connectivity index is 2.80. The molecule has 0 saturated heterocycles. The largest absolute Gasteiger partial charge is 0.385 e. The molecule has 0 rings (SSSR count). The lowest BCUT2D eigenvalue weighted by molar-refractivity contribution is 0.194. The molecule has 0 atom stereocenters. The number of ether oxygens (including phenoxy) is 1. The van der Waals surface area contributed by atoms with Gasteiger partial charge in [0.05, 0.1) is 0 Å². The molecule has 0 unspecified atom stereocenters. The van der Waals surface area contributed by atoms with Crippen LogP contribution in [0.4, 0.5) is 0 Å². The molecule has 0 aromatic heterocycles. The first-order chi connectivity index (χ1) is 5.27. The van der Waals surface area contributed by atoms with Gasteiger partial charge in [-0.25, -0.2) is 0 Å². The van der Waals surface area contributed by atoms with Crippen molar-refractivity contribution in [3.8, 4) is 0 Å². The average molecular weight is 160 g/mol. The molecule has 1 N–H and O–H groups in total. The third kappa shape index (κ3) is 9.88. The Bertz CT molecular complexity index is 76.5. The average Bonchev–Trinajstić information content (AvgIpc) is 1.96. The molecule has 0 bridgehead atoms. The highest BCUT2D eigenvalue weighted by molar-refractivity contribution is 4.49. The smallest absolute Gasteiger partial charge is 0.0474 e. The molecule has 0 aliphatic heterocycles. The molecular formula is C8H20N2O. The fourth-order valence-corrected chi connectivity index (χ4v) is 0.769. The van der Waals surface area contributed by atoms with E-state index in [0.717, 1.165) is 32.7 Å². The zero-order chi connectivity index (χ0) is 8.53. The van der Waals surface area contributed by atoms with Crippen molar-refractivity contribution in [3.63, 3.8) is 0 Å². The van der Waals surface area contributed by atoms with Crippen molar-refractivity contribution in [3.05, 3.63) is 0 Å². The van der Waals surface area contributed by atoms with Crippen LogP contribution in [0, 0.1) is 0 Å². The van der Waals surface area contributed by atoms with Crippen molar-refractivity contribution in [1.29, 1.82) is 0 Å². The summed E-state index contributed by atoms with van der Waals surface area (Å²) in [6.07, 6.45) is 1.10. The molecule has 3 heteroatoms. The van der Waals surface area contributed by atoms with Crippen LogP contribution in [0.15, 0.2) is 0 Å². The van der Waals surface area contributed by atoms with E-state index in [1.807, 2.05) is 0 Å². The number of rotatable bonds is 7. The maximum absolute atomic E-state index is 4.92. The van der Waals surface area contributed by atoms with Gasteiger partial charge < -0.3 is 15.0 Å². The van der Waals surface area contributed by atoms with Crippen molar-refractivity contribution in [2.45, 2.75) is 6.42 Å². The number of hydrogen-bond donors (Lipinski definition) is 1. The zero-order valence-corrected chi connectivity index (χ0v) is 7.89. The third-order valence-corrected chi connectivity index (χ3v) is 1.44. The topological polar surface area (TPSA) is 24.5 Å². The summed E-state index contributed by atoms with van der Waals surface area (Å²) in [5.41, 5.74) is 0. The van der Waals surface area contributed by atoms with E-state index in [4.69, 9.17) is 4.74 Å². The zero-order valence-electron chi connectivity index (χ0n) is 7.89. The first-order valence-corrected chi connectivity index (χ1v) is 4.11. The highest BCUT2D eigenvalue weighted by Gasteiger charge is 1.89. The van der Waals surface area contributed by atoms with Gasteiger partial charge in [0, 0.05) is 26.8 Å². The standard InChI is InChI=1S/C8H20N2O/c1-10(2)7-6-9-5-4-8-11-3/h9H,4-8H2,1-3H3. The second-order valence-electron chi connectivity index (χ2n) is 2.90. The van der Waals surface area contributed by atoms with E-state index < -0.39 is 0 Å². The van der Waals surface area contributed by atoms with E-state index in [2.05, 4.69) is 24.3 Å². The number of likely N-dealkylation sites (N-methyl/N-ethyl adjacent to an activating group) is 1. The second kappa shape index (κ2) is 7.98. The van der Waals surface area contributed by atoms with E-state index in [1.54, 1.807) is 7.11 Å². The number of nitrogens with zero attached hydrogens (tertiary/aromatic N) is 1. The summed E-state index contributed by atoms with van der Waals surface area (Å²) in [5.74, 6) is 0. The lowest BCUT2D eigenvalue weighted by atomic mass is 10.4. The summed E-state index contributed by atoms with van der Waals surface area (Å²) in [6.45, 7) is 4.08. The van der Waals surface area contributed by atoms with Crippen LogP contribution in [0.2, 0.25) is 0 Å². The van der Waals surface area contributed by atoms with Crippen LogP contribution in [0.5, 0.6) is 0 Å². The second-order valence-corrected chi connectivity index (χ2v) is 2.90. The minimum Gasteiger partial charge on any atom is -0.385 e. The van der Waals surface area contributed by atoms with Gasteiger partial charge in [-0.15, -0.1) is 0 Å². The number of methoxy groups -OCH3 is 1. The predicted octanol–water partition coefficient (Wildman–Crippen LogP) is 0.174. The van der Waals surface area contributed by atoms with Gasteiger partial charge in [0.15, 0.2) is 0 Å². The van der Waals surface area contributed by atoms with Crippen LogP contribution < -0.4 is 5.32 Å². The van der Waals surface area contributed by atoms with Gasteiger partial charge in [-0.05, 0) is 27.1 Å². The lowest BCUT2D eigenvalue weighted by Gasteiger charge is -2.09. The van der Waals surface area contributed by atoms with Crippen molar-refractivity contribution < 1.29 is 4.74 Å². The number of hydrogen-bond acceptors (Lipinski definition) is 3. The third-order valence-electron chi connectivity index (χ3n) is 1.44. The van der Waals surface area contributed by atoms with E-state index in [1.165, 1.54) is 0 Å². The molecule has 0 amide bonds. The minimum absolute atomic E-state index is 0.856. The van der Waals surface area contributed by atoms with Crippen LogP contribution >= 0.6 is 0 Å². The normalized spacial score (nSPS) is 10.9. The SMILES string of the molecule is COCCCNCCN(C)C. The van der Waals surface area contributed by atoms with Crippen LogP contribution in [0.3, 0.4) is 0 Å². The lowest BCUT2D eigenvalue weighted by Crippen LogP contribution is -2.27. The maximum Gasteiger partial charge on any atom is 0.0474 e. The molecule has 0 saturated carbocycles. The van der Waals surface area contributed by atoms with Crippen LogP contribution in [0.25, 0.3) is 0 Å². The summed E-state index contributed by atoms with van der Waals surface area (Å²) in [4.78, 5) is 2.17. The van der Waals surface area contributed by atoms with Crippen molar-refractivity contribution in [2.24, 2.45) is 0 Å². The van der Waals surface area contributed by atoms with Crippen LogP contribution in [-0.2, 0) is 4.74 Å². The Hall–Kier alpha value is -0.120. The minimum atomic E-state index is 0.856. The van der Waals surface area contributed by atoms with Crippen LogP contribution in [0.1, 0.15) is 6.42 Å².